The van der Waals surface area contributed by atoms with Crippen LogP contribution in [0, 0.1) is 11.8 Å². The van der Waals surface area contributed by atoms with Gasteiger partial charge in [0.05, 0.1) is 17.9 Å². The highest BCUT2D eigenvalue weighted by Gasteiger charge is 2.77. The lowest BCUT2D eigenvalue weighted by Crippen LogP contribution is -2.60. The summed E-state index contributed by atoms with van der Waals surface area (Å²) < 4.78 is 6.63. The van der Waals surface area contributed by atoms with Crippen molar-refractivity contribution in [3.63, 3.8) is 0 Å². The third-order valence-corrected chi connectivity index (χ3v) is 8.74. The summed E-state index contributed by atoms with van der Waals surface area (Å²) in [6.07, 6.45) is 3.54. The zero-order chi connectivity index (χ0) is 27.8. The molecular weight excluding hydrogens is 550 g/mol. The van der Waals surface area contributed by atoms with Gasteiger partial charge in [0.2, 0.25) is 17.7 Å². The number of fused-ring (bicyclic) bond motifs is 1. The van der Waals surface area contributed by atoms with Gasteiger partial charge in [-0.1, -0.05) is 46.3 Å². The molecule has 206 valence electrons. The molecule has 3 saturated heterocycles. The predicted molar refractivity (Wildman–Crippen MR) is 150 cm³/mol. The van der Waals surface area contributed by atoms with Crippen LogP contribution in [-0.4, -0.2) is 87.0 Å². The molecule has 4 rings (SSSR count). The second-order valence-electron chi connectivity index (χ2n) is 11.3. The number of carbonyl (C=O) groups is 3. The van der Waals surface area contributed by atoms with Crippen molar-refractivity contribution in [1.29, 1.82) is 0 Å². The van der Waals surface area contributed by atoms with Crippen LogP contribution in [0.15, 0.2) is 55.6 Å². The van der Waals surface area contributed by atoms with E-state index in [1.54, 1.807) is 26.9 Å². The minimum absolute atomic E-state index is 0.119. The maximum absolute atomic E-state index is 14.3. The Bertz CT molecular complexity index is 1090. The van der Waals surface area contributed by atoms with Gasteiger partial charge < -0.3 is 24.5 Å². The number of anilines is 1. The number of amides is 3. The standard InChI is InChI=1S/C29H38BrN3O5/c1-6-14-31(19-12-9-8-10-13-19)25(35)21-22-26(36)32(16-11-17-34)24(29(22)18-20(30)23(21)38-29)27(37)33(15-7-2)28(3,4)5/h6-10,12-13,20-24,34H,1-2,11,14-18H2,3-5H3/t20?,21-,22-,23-,24?,29?/m0/s1. The minimum Gasteiger partial charge on any atom is -0.396 e. The molecule has 8 nitrogen and oxygen atoms in total. The molecule has 3 heterocycles. The van der Waals surface area contributed by atoms with E-state index in [0.717, 1.165) is 0 Å². The molecule has 6 atom stereocenters. The van der Waals surface area contributed by atoms with Gasteiger partial charge in [-0.25, -0.2) is 0 Å². The van der Waals surface area contributed by atoms with Crippen LogP contribution in [0.5, 0.6) is 0 Å². The fourth-order valence-corrected chi connectivity index (χ4v) is 7.33. The second-order valence-corrected chi connectivity index (χ2v) is 12.4. The first kappa shape index (κ1) is 28.5. The van der Waals surface area contributed by atoms with E-state index in [4.69, 9.17) is 4.74 Å². The monoisotopic (exact) mass is 587 g/mol. The summed E-state index contributed by atoms with van der Waals surface area (Å²) in [7, 11) is 0. The van der Waals surface area contributed by atoms with E-state index in [1.165, 1.54) is 0 Å². The van der Waals surface area contributed by atoms with Crippen LogP contribution in [0.25, 0.3) is 0 Å². The molecule has 3 amide bonds. The lowest BCUT2D eigenvalue weighted by Gasteiger charge is -2.42. The maximum atomic E-state index is 14.3. The van der Waals surface area contributed by atoms with Crippen LogP contribution in [0.4, 0.5) is 5.69 Å². The van der Waals surface area contributed by atoms with Gasteiger partial charge >= 0.3 is 0 Å². The number of halogens is 1. The third kappa shape index (κ3) is 4.62. The number of hydrogen-bond acceptors (Lipinski definition) is 5. The summed E-state index contributed by atoms with van der Waals surface area (Å²) in [4.78, 5) is 47.3. The molecule has 0 saturated carbocycles. The summed E-state index contributed by atoms with van der Waals surface area (Å²) in [5.41, 5.74) is -0.968. The van der Waals surface area contributed by atoms with Crippen molar-refractivity contribution in [2.45, 2.75) is 61.7 Å². The molecule has 3 aliphatic heterocycles. The molecule has 3 fully saturated rings. The SMILES string of the molecule is C=CCN(C(=O)[C@H]1[C@H]2C(=O)N(CCCO)C(C(=O)N(CC=C)C(C)(C)C)C23CC(Br)[C@@H]1O3)c1ccccc1. The van der Waals surface area contributed by atoms with E-state index in [2.05, 4.69) is 29.1 Å². The van der Waals surface area contributed by atoms with Crippen molar-refractivity contribution < 1.29 is 24.2 Å². The molecule has 0 radical (unpaired) electrons. The molecule has 1 aromatic carbocycles. The Morgan fingerprint density at radius 1 is 1.18 bits per heavy atom. The lowest BCUT2D eigenvalue weighted by atomic mass is 9.70. The van der Waals surface area contributed by atoms with E-state index in [-0.39, 0.29) is 42.2 Å². The summed E-state index contributed by atoms with van der Waals surface area (Å²) in [6.45, 7) is 14.2. The van der Waals surface area contributed by atoms with E-state index < -0.39 is 35.1 Å². The summed E-state index contributed by atoms with van der Waals surface area (Å²) >= 11 is 3.73. The maximum Gasteiger partial charge on any atom is 0.249 e. The number of benzene rings is 1. The van der Waals surface area contributed by atoms with Crippen molar-refractivity contribution >= 4 is 39.3 Å². The number of para-hydroxylation sites is 1. The zero-order valence-electron chi connectivity index (χ0n) is 22.4. The summed E-state index contributed by atoms with van der Waals surface area (Å²) in [5.74, 6) is -2.29. The molecule has 38 heavy (non-hydrogen) atoms. The number of ether oxygens (including phenoxy) is 1. The fraction of sp³-hybridized carbons (Fsp3) is 0.552. The van der Waals surface area contributed by atoms with E-state index in [1.807, 2.05) is 51.1 Å². The first-order valence-corrected chi connectivity index (χ1v) is 14.1. The fourth-order valence-electron chi connectivity index (χ4n) is 6.38. The number of hydrogen-bond donors (Lipinski definition) is 1. The van der Waals surface area contributed by atoms with Crippen molar-refractivity contribution in [3.05, 3.63) is 55.6 Å². The normalized spacial score (nSPS) is 29.8. The quantitative estimate of drug-likeness (QED) is 0.335. The van der Waals surface area contributed by atoms with Crippen LogP contribution in [0.1, 0.15) is 33.6 Å². The number of aliphatic hydroxyl groups is 1. The Labute approximate surface area is 233 Å². The highest BCUT2D eigenvalue weighted by molar-refractivity contribution is 9.09. The average Bonchev–Trinajstić information content (AvgIpc) is 3.47. The molecule has 1 aromatic rings. The molecule has 0 aliphatic carbocycles. The van der Waals surface area contributed by atoms with Gasteiger partial charge in [0.25, 0.3) is 0 Å². The zero-order valence-corrected chi connectivity index (χ0v) is 24.0. The lowest BCUT2D eigenvalue weighted by molar-refractivity contribution is -0.151. The molecule has 2 bridgehead atoms. The highest BCUT2D eigenvalue weighted by Crippen LogP contribution is 2.60. The predicted octanol–water partition coefficient (Wildman–Crippen LogP) is 3.15. The third-order valence-electron chi connectivity index (χ3n) is 7.90. The van der Waals surface area contributed by atoms with E-state index in [0.29, 0.717) is 25.1 Å². The van der Waals surface area contributed by atoms with Gasteiger partial charge in [-0.3, -0.25) is 14.4 Å². The van der Waals surface area contributed by atoms with Gasteiger partial charge in [-0.05, 0) is 45.7 Å². The number of alkyl halides is 1. The largest absolute Gasteiger partial charge is 0.396 e. The highest BCUT2D eigenvalue weighted by atomic mass is 79.9. The van der Waals surface area contributed by atoms with E-state index in [9.17, 15) is 19.5 Å². The number of carbonyl (C=O) groups excluding carboxylic acids is 3. The minimum atomic E-state index is -1.15. The second kappa shape index (κ2) is 10.9. The Morgan fingerprint density at radius 2 is 1.84 bits per heavy atom. The number of aliphatic hydroxyl groups excluding tert-OH is 1. The molecular formula is C29H38BrN3O5. The van der Waals surface area contributed by atoms with Gasteiger partial charge in [-0.2, -0.15) is 0 Å². The molecule has 9 heteroatoms. The average molecular weight is 589 g/mol. The van der Waals surface area contributed by atoms with Crippen LogP contribution in [-0.2, 0) is 19.1 Å². The smallest absolute Gasteiger partial charge is 0.249 e. The van der Waals surface area contributed by atoms with Crippen LogP contribution >= 0.6 is 15.9 Å². The number of nitrogens with zero attached hydrogens (tertiary/aromatic N) is 3. The van der Waals surface area contributed by atoms with Crippen molar-refractivity contribution in [1.82, 2.24) is 9.80 Å². The van der Waals surface area contributed by atoms with Gasteiger partial charge in [0, 0.05) is 42.3 Å². The number of rotatable bonds is 10. The molecule has 0 aromatic heterocycles. The van der Waals surface area contributed by atoms with E-state index >= 15 is 0 Å². The van der Waals surface area contributed by atoms with Crippen LogP contribution < -0.4 is 4.90 Å². The summed E-state index contributed by atoms with van der Waals surface area (Å²) in [5, 5.41) is 9.58. The van der Waals surface area contributed by atoms with Crippen molar-refractivity contribution in [3.8, 4) is 0 Å². The molecule has 3 aliphatic rings. The first-order valence-electron chi connectivity index (χ1n) is 13.2. The first-order chi connectivity index (χ1) is 18.0. The molecule has 1 N–H and O–H groups in total. The van der Waals surface area contributed by atoms with Crippen molar-refractivity contribution in [2.24, 2.45) is 11.8 Å². The van der Waals surface area contributed by atoms with Crippen molar-refractivity contribution in [2.75, 3.05) is 31.1 Å². The van der Waals surface area contributed by atoms with Crippen LogP contribution in [0.2, 0.25) is 0 Å². The van der Waals surface area contributed by atoms with Gasteiger partial charge in [-0.15, -0.1) is 13.2 Å². The molecule has 3 unspecified atom stereocenters. The Morgan fingerprint density at radius 3 is 2.42 bits per heavy atom. The molecule has 1 spiro atoms. The summed E-state index contributed by atoms with van der Waals surface area (Å²) in [6, 6.07) is 8.39. The Hall–Kier alpha value is -2.49. The topological polar surface area (TPSA) is 90.4 Å². The van der Waals surface area contributed by atoms with Crippen LogP contribution in [0.3, 0.4) is 0 Å². The van der Waals surface area contributed by atoms with Gasteiger partial charge in [0.15, 0.2) is 0 Å². The van der Waals surface area contributed by atoms with Gasteiger partial charge in [0.1, 0.15) is 11.6 Å². The number of likely N-dealkylation sites (tertiary alicyclic amines) is 1. The Balaban J connectivity index is 1.79. The Kier molecular flexibility index (Phi) is 8.21.